The van der Waals surface area contributed by atoms with Gasteiger partial charge in [0.25, 0.3) is 0 Å². The molecule has 1 aromatic carbocycles. The number of halogens is 1. The van der Waals surface area contributed by atoms with Crippen molar-refractivity contribution in [1.29, 1.82) is 0 Å². The smallest absolute Gasteiger partial charge is 0.0906 e. The number of hydrogen-bond acceptors (Lipinski definition) is 2. The first-order valence-electron chi connectivity index (χ1n) is 6.33. The number of hydrogen-bond donors (Lipinski definition) is 1. The third-order valence-corrected chi connectivity index (χ3v) is 3.50. The summed E-state index contributed by atoms with van der Waals surface area (Å²) in [6, 6.07) is 10.5. The van der Waals surface area contributed by atoms with Crippen LogP contribution in [-0.4, -0.2) is 37.8 Å². The van der Waals surface area contributed by atoms with Crippen molar-refractivity contribution in [2.45, 2.75) is 18.9 Å². The zero-order valence-electron chi connectivity index (χ0n) is 10.5. The summed E-state index contributed by atoms with van der Waals surface area (Å²) in [4.78, 5) is 2.35. The number of rotatable bonds is 4. The Morgan fingerprint density at radius 2 is 2.12 bits per heavy atom. The van der Waals surface area contributed by atoms with E-state index in [1.165, 1.54) is 5.56 Å². The van der Waals surface area contributed by atoms with E-state index in [0.29, 0.717) is 6.42 Å². The Bertz CT molecular complexity index is 341. The van der Waals surface area contributed by atoms with Gasteiger partial charge in [0.2, 0.25) is 0 Å². The Morgan fingerprint density at radius 1 is 1.35 bits per heavy atom. The first-order valence-corrected chi connectivity index (χ1v) is 6.33. The number of piperazine rings is 1. The summed E-state index contributed by atoms with van der Waals surface area (Å²) < 4.78 is 12.2. The van der Waals surface area contributed by atoms with Crippen molar-refractivity contribution in [1.82, 2.24) is 10.2 Å². The van der Waals surface area contributed by atoms with Crippen LogP contribution in [-0.2, 0) is 5.54 Å². The van der Waals surface area contributed by atoms with Gasteiger partial charge < -0.3 is 5.32 Å². The van der Waals surface area contributed by atoms with E-state index in [1.54, 1.807) is 0 Å². The van der Waals surface area contributed by atoms with Crippen LogP contribution in [0, 0.1) is 0 Å². The summed E-state index contributed by atoms with van der Waals surface area (Å²) in [6.07, 6.45) is 0.644. The molecule has 1 heterocycles. The first-order chi connectivity index (χ1) is 8.24. The molecule has 2 rings (SSSR count). The lowest BCUT2D eigenvalue weighted by Crippen LogP contribution is -2.56. The molecule has 1 atom stereocenters. The number of nitrogens with one attached hydrogen (secondary N) is 1. The van der Waals surface area contributed by atoms with E-state index in [9.17, 15) is 4.39 Å². The summed E-state index contributed by atoms with van der Waals surface area (Å²) in [5.41, 5.74) is 1.31. The molecule has 2 nitrogen and oxygen atoms in total. The number of benzene rings is 1. The minimum Gasteiger partial charge on any atom is -0.305 e. The van der Waals surface area contributed by atoms with Crippen molar-refractivity contribution in [2.75, 3.05) is 32.9 Å². The van der Waals surface area contributed by atoms with Gasteiger partial charge in [0.05, 0.1) is 12.2 Å². The normalized spacial score (nSPS) is 26.0. The molecule has 0 amide bonds. The number of alkyl halides is 1. The van der Waals surface area contributed by atoms with E-state index >= 15 is 0 Å². The van der Waals surface area contributed by atoms with Gasteiger partial charge in [-0.15, -0.1) is 0 Å². The molecular formula is C14H21FN2. The fourth-order valence-electron chi connectivity index (χ4n) is 2.55. The van der Waals surface area contributed by atoms with Crippen LogP contribution in [0.3, 0.4) is 0 Å². The van der Waals surface area contributed by atoms with Crippen LogP contribution < -0.4 is 5.32 Å². The monoisotopic (exact) mass is 236 g/mol. The van der Waals surface area contributed by atoms with Crippen LogP contribution in [0.4, 0.5) is 4.39 Å². The third-order valence-electron chi connectivity index (χ3n) is 3.50. The molecule has 1 N–H and O–H groups in total. The molecule has 1 aliphatic heterocycles. The van der Waals surface area contributed by atoms with Crippen LogP contribution in [0.1, 0.15) is 18.9 Å². The molecule has 1 aliphatic rings. The van der Waals surface area contributed by atoms with Gasteiger partial charge in [-0.3, -0.25) is 9.29 Å². The van der Waals surface area contributed by atoms with Crippen molar-refractivity contribution >= 4 is 0 Å². The molecule has 0 aliphatic carbocycles. The summed E-state index contributed by atoms with van der Waals surface area (Å²) in [7, 11) is 0. The van der Waals surface area contributed by atoms with Crippen molar-refractivity contribution in [3.63, 3.8) is 0 Å². The number of nitrogens with zero attached hydrogens (tertiary/aromatic N) is 1. The van der Waals surface area contributed by atoms with E-state index in [1.807, 2.05) is 6.07 Å². The van der Waals surface area contributed by atoms with Gasteiger partial charge in [-0.1, -0.05) is 30.3 Å². The molecule has 17 heavy (non-hydrogen) atoms. The van der Waals surface area contributed by atoms with E-state index in [-0.39, 0.29) is 12.2 Å². The maximum Gasteiger partial charge on any atom is 0.0906 e. The largest absolute Gasteiger partial charge is 0.305 e. The summed E-state index contributed by atoms with van der Waals surface area (Å²) >= 11 is 0. The quantitative estimate of drug-likeness (QED) is 0.862. The fourth-order valence-corrected chi connectivity index (χ4v) is 2.55. The highest BCUT2D eigenvalue weighted by molar-refractivity contribution is 5.24. The molecular weight excluding hydrogens is 215 g/mol. The van der Waals surface area contributed by atoms with Crippen molar-refractivity contribution in [2.24, 2.45) is 0 Å². The van der Waals surface area contributed by atoms with Crippen LogP contribution in [0.5, 0.6) is 0 Å². The second-order valence-electron chi connectivity index (χ2n) is 4.94. The van der Waals surface area contributed by atoms with Gasteiger partial charge in [-0.05, 0) is 18.9 Å². The molecule has 1 unspecified atom stereocenters. The molecule has 1 saturated heterocycles. The predicted octanol–water partition coefficient (Wildman–Crippen LogP) is 2.17. The molecule has 3 heteroatoms. The van der Waals surface area contributed by atoms with Gasteiger partial charge in [-0.2, -0.15) is 0 Å². The highest BCUT2D eigenvalue weighted by Gasteiger charge is 2.31. The Balaban J connectivity index is 2.04. The topological polar surface area (TPSA) is 15.3 Å². The second kappa shape index (κ2) is 5.61. The average Bonchev–Trinajstić information content (AvgIpc) is 2.38. The molecule has 0 saturated carbocycles. The standard InChI is InChI=1S/C14H21FN2/c1-14(13-6-3-2-4-7-13)12-17(10-5-8-15)11-9-16-14/h2-4,6-7,16H,5,8-12H2,1H3. The summed E-state index contributed by atoms with van der Waals surface area (Å²) in [5, 5.41) is 3.58. The molecule has 0 radical (unpaired) electrons. The summed E-state index contributed by atoms with van der Waals surface area (Å²) in [6.45, 7) is 5.81. The lowest BCUT2D eigenvalue weighted by molar-refractivity contribution is 0.139. The highest BCUT2D eigenvalue weighted by atomic mass is 19.1. The first kappa shape index (κ1) is 12.5. The second-order valence-corrected chi connectivity index (χ2v) is 4.94. The SMILES string of the molecule is CC1(c2ccccc2)CN(CCCF)CCN1. The third kappa shape index (κ3) is 3.05. The maximum atomic E-state index is 12.2. The van der Waals surface area contributed by atoms with Crippen molar-refractivity contribution in [3.05, 3.63) is 35.9 Å². The predicted molar refractivity (Wildman–Crippen MR) is 68.8 cm³/mol. The van der Waals surface area contributed by atoms with E-state index < -0.39 is 0 Å². The van der Waals surface area contributed by atoms with E-state index in [2.05, 4.69) is 41.4 Å². The molecule has 0 aromatic heterocycles. The zero-order valence-corrected chi connectivity index (χ0v) is 10.5. The maximum absolute atomic E-state index is 12.2. The van der Waals surface area contributed by atoms with Crippen molar-refractivity contribution < 1.29 is 4.39 Å². The molecule has 1 fully saturated rings. The van der Waals surface area contributed by atoms with Crippen LogP contribution in [0.15, 0.2) is 30.3 Å². The van der Waals surface area contributed by atoms with E-state index in [4.69, 9.17) is 0 Å². The lowest BCUT2D eigenvalue weighted by atomic mass is 9.89. The van der Waals surface area contributed by atoms with Gasteiger partial charge in [0, 0.05) is 26.2 Å². The minimum atomic E-state index is -0.216. The Morgan fingerprint density at radius 3 is 2.82 bits per heavy atom. The van der Waals surface area contributed by atoms with Crippen molar-refractivity contribution in [3.8, 4) is 0 Å². The molecule has 94 valence electrons. The Labute approximate surface area is 103 Å². The Kier molecular flexibility index (Phi) is 4.13. The summed E-state index contributed by atoms with van der Waals surface area (Å²) in [5.74, 6) is 0. The van der Waals surface area contributed by atoms with E-state index in [0.717, 1.165) is 26.2 Å². The highest BCUT2D eigenvalue weighted by Crippen LogP contribution is 2.24. The Hall–Kier alpha value is -0.930. The molecule has 1 aromatic rings. The van der Waals surface area contributed by atoms with Crippen LogP contribution in [0.25, 0.3) is 0 Å². The fraction of sp³-hybridized carbons (Fsp3) is 0.571. The van der Waals surface area contributed by atoms with Gasteiger partial charge >= 0.3 is 0 Å². The van der Waals surface area contributed by atoms with Gasteiger partial charge in [-0.25, -0.2) is 0 Å². The average molecular weight is 236 g/mol. The van der Waals surface area contributed by atoms with Gasteiger partial charge in [0.15, 0.2) is 0 Å². The van der Waals surface area contributed by atoms with Crippen LogP contribution in [0.2, 0.25) is 0 Å². The van der Waals surface area contributed by atoms with Crippen LogP contribution >= 0.6 is 0 Å². The molecule has 0 bridgehead atoms. The molecule has 0 spiro atoms. The van der Waals surface area contributed by atoms with Gasteiger partial charge in [0.1, 0.15) is 0 Å². The minimum absolute atomic E-state index is 0.00414. The zero-order chi connectivity index (χ0) is 12.1. The lowest BCUT2D eigenvalue weighted by Gasteiger charge is -2.42.